The number of hydrogen-bond acceptors (Lipinski definition) is 3. The maximum atomic E-state index is 12.2. The lowest BCUT2D eigenvalue weighted by molar-refractivity contribution is -0.118. The molecule has 4 rings (SSSR count). The number of carbonyl (C=O) groups excluding carboxylic acids is 1. The second kappa shape index (κ2) is 4.71. The average Bonchev–Trinajstić information content (AvgIpc) is 3.16. The summed E-state index contributed by atoms with van der Waals surface area (Å²) < 4.78 is 0. The highest BCUT2D eigenvalue weighted by Gasteiger charge is 2.59. The largest absolute Gasteiger partial charge is 0.335 e. The molecule has 1 aromatic heterocycles. The third kappa shape index (κ3) is 1.91. The zero-order chi connectivity index (χ0) is 16.2. The quantitative estimate of drug-likeness (QED) is 0.913. The number of rotatable bonds is 2. The van der Waals surface area contributed by atoms with Crippen molar-refractivity contribution >= 4 is 29.0 Å². The number of nitrogens with one attached hydrogen (secondary N) is 1. The van der Waals surface area contributed by atoms with Gasteiger partial charge in [0.25, 0.3) is 0 Å². The molecule has 2 aliphatic heterocycles. The maximum absolute atomic E-state index is 12.2. The van der Waals surface area contributed by atoms with Crippen molar-refractivity contribution < 1.29 is 4.79 Å². The summed E-state index contributed by atoms with van der Waals surface area (Å²) >= 11 is 1.71. The Balaban J connectivity index is 1.88. The van der Waals surface area contributed by atoms with E-state index in [2.05, 4.69) is 72.8 Å². The zero-order valence-corrected chi connectivity index (χ0v) is 14.4. The summed E-state index contributed by atoms with van der Waals surface area (Å²) in [6.45, 7) is 6.96. The number of aryl methyl sites for hydroxylation is 1. The highest BCUT2D eigenvalue weighted by atomic mass is 32.1. The molecule has 4 heteroatoms. The SMILES string of the molecule is Cc1ccc2c(c1)C(C)(C)C1(C=Cc3cccs3)NC(=O)CN21. The number of thiophene rings is 1. The smallest absolute Gasteiger partial charge is 0.241 e. The number of anilines is 1. The first kappa shape index (κ1) is 14.5. The Bertz CT molecular complexity index is 807. The van der Waals surface area contributed by atoms with E-state index < -0.39 is 5.66 Å². The molecule has 118 valence electrons. The standard InChI is InChI=1S/C19H20N2OS/c1-13-6-7-16-15(11-13)18(2,3)19(20-17(22)12-21(16)19)9-8-14-5-4-10-23-14/h4-11H,12H2,1-3H3,(H,20,22). The van der Waals surface area contributed by atoms with Crippen molar-refractivity contribution in [3.63, 3.8) is 0 Å². The Morgan fingerprint density at radius 2 is 2.13 bits per heavy atom. The van der Waals surface area contributed by atoms with E-state index in [9.17, 15) is 4.79 Å². The molecule has 1 aromatic carbocycles. The summed E-state index contributed by atoms with van der Waals surface area (Å²) in [4.78, 5) is 15.6. The molecule has 0 radical (unpaired) electrons. The van der Waals surface area contributed by atoms with E-state index in [1.807, 2.05) is 6.07 Å². The maximum Gasteiger partial charge on any atom is 0.241 e. The van der Waals surface area contributed by atoms with Crippen molar-refractivity contribution in [3.05, 3.63) is 57.8 Å². The third-order valence-electron chi connectivity index (χ3n) is 5.16. The fourth-order valence-electron chi connectivity index (χ4n) is 3.88. The van der Waals surface area contributed by atoms with Crippen molar-refractivity contribution in [1.29, 1.82) is 0 Å². The normalized spacial score (nSPS) is 24.8. The molecule has 0 bridgehead atoms. The van der Waals surface area contributed by atoms with Crippen LogP contribution in [-0.2, 0) is 10.2 Å². The highest BCUT2D eigenvalue weighted by Crippen LogP contribution is 2.53. The van der Waals surface area contributed by atoms with Gasteiger partial charge in [-0.3, -0.25) is 4.79 Å². The van der Waals surface area contributed by atoms with Crippen LogP contribution in [0.1, 0.15) is 29.9 Å². The minimum Gasteiger partial charge on any atom is -0.335 e. The van der Waals surface area contributed by atoms with Gasteiger partial charge in [0.2, 0.25) is 5.91 Å². The average molecular weight is 324 g/mol. The number of carbonyl (C=O) groups is 1. The Hall–Kier alpha value is -2.07. The molecule has 2 aliphatic rings. The molecule has 1 saturated heterocycles. The molecule has 1 unspecified atom stereocenters. The van der Waals surface area contributed by atoms with Crippen LogP contribution in [-0.4, -0.2) is 18.1 Å². The molecule has 23 heavy (non-hydrogen) atoms. The molecule has 1 fully saturated rings. The minimum absolute atomic E-state index is 0.0835. The van der Waals surface area contributed by atoms with E-state index in [0.717, 1.165) is 5.69 Å². The predicted molar refractivity (Wildman–Crippen MR) is 95.8 cm³/mol. The van der Waals surface area contributed by atoms with Crippen molar-refractivity contribution in [1.82, 2.24) is 5.32 Å². The summed E-state index contributed by atoms with van der Waals surface area (Å²) in [6, 6.07) is 10.7. The Morgan fingerprint density at radius 1 is 1.30 bits per heavy atom. The fourth-order valence-corrected chi connectivity index (χ4v) is 4.49. The lowest BCUT2D eigenvalue weighted by Crippen LogP contribution is -2.58. The van der Waals surface area contributed by atoms with Crippen molar-refractivity contribution in [2.24, 2.45) is 0 Å². The van der Waals surface area contributed by atoms with Crippen LogP contribution < -0.4 is 10.2 Å². The van der Waals surface area contributed by atoms with Crippen molar-refractivity contribution in [3.8, 4) is 0 Å². The first-order valence-electron chi connectivity index (χ1n) is 7.87. The van der Waals surface area contributed by atoms with Crippen molar-refractivity contribution in [2.75, 3.05) is 11.4 Å². The molecule has 3 nitrogen and oxygen atoms in total. The molecule has 1 amide bonds. The van der Waals surface area contributed by atoms with Gasteiger partial charge in [-0.25, -0.2) is 0 Å². The Morgan fingerprint density at radius 3 is 2.87 bits per heavy atom. The van der Waals surface area contributed by atoms with Gasteiger partial charge in [-0.15, -0.1) is 11.3 Å². The second-order valence-corrected chi connectivity index (χ2v) is 7.87. The molecule has 0 spiro atoms. The minimum atomic E-state index is -0.496. The van der Waals surface area contributed by atoms with Crippen LogP contribution in [0.3, 0.4) is 0 Å². The molecule has 0 saturated carbocycles. The van der Waals surface area contributed by atoms with E-state index in [0.29, 0.717) is 6.54 Å². The highest BCUT2D eigenvalue weighted by molar-refractivity contribution is 7.10. The van der Waals surface area contributed by atoms with Gasteiger partial charge in [0.05, 0.1) is 6.54 Å². The van der Waals surface area contributed by atoms with Crippen LogP contribution in [0.25, 0.3) is 6.08 Å². The van der Waals surface area contributed by atoms with E-state index in [1.165, 1.54) is 16.0 Å². The van der Waals surface area contributed by atoms with Gasteiger partial charge in [0.1, 0.15) is 5.66 Å². The molecular weight excluding hydrogens is 304 g/mol. The summed E-state index contributed by atoms with van der Waals surface area (Å²) in [6.07, 6.45) is 4.29. The van der Waals surface area contributed by atoms with Gasteiger partial charge in [0.15, 0.2) is 0 Å². The Kier molecular flexibility index (Phi) is 2.97. The number of amides is 1. The van der Waals surface area contributed by atoms with Crippen molar-refractivity contribution in [2.45, 2.75) is 31.8 Å². The monoisotopic (exact) mass is 324 g/mol. The summed E-state index contributed by atoms with van der Waals surface area (Å²) in [5.74, 6) is 0.0835. The predicted octanol–water partition coefficient (Wildman–Crippen LogP) is 3.69. The van der Waals surface area contributed by atoms with E-state index in [1.54, 1.807) is 11.3 Å². The fraction of sp³-hybridized carbons (Fsp3) is 0.316. The molecule has 2 aromatic rings. The molecule has 3 heterocycles. The number of benzene rings is 1. The first-order chi connectivity index (χ1) is 10.9. The zero-order valence-electron chi connectivity index (χ0n) is 13.6. The van der Waals surface area contributed by atoms with E-state index in [4.69, 9.17) is 0 Å². The summed E-state index contributed by atoms with van der Waals surface area (Å²) in [5, 5.41) is 5.32. The lowest BCUT2D eigenvalue weighted by atomic mass is 9.75. The van der Waals surface area contributed by atoms with Gasteiger partial charge in [-0.1, -0.05) is 37.6 Å². The summed E-state index contributed by atoms with van der Waals surface area (Å²) in [5.41, 5.74) is 3.02. The first-order valence-corrected chi connectivity index (χ1v) is 8.74. The molecule has 0 aliphatic carbocycles. The molecular formula is C19H20N2OS. The number of nitrogens with zero attached hydrogens (tertiary/aromatic N) is 1. The topological polar surface area (TPSA) is 32.3 Å². The molecule has 1 N–H and O–H groups in total. The summed E-state index contributed by atoms with van der Waals surface area (Å²) in [7, 11) is 0. The van der Waals surface area contributed by atoms with E-state index in [-0.39, 0.29) is 11.3 Å². The number of hydrogen-bond donors (Lipinski definition) is 1. The van der Waals surface area contributed by atoms with Crippen LogP contribution in [0.4, 0.5) is 5.69 Å². The third-order valence-corrected chi connectivity index (χ3v) is 6.00. The van der Waals surface area contributed by atoms with Crippen LogP contribution in [0, 0.1) is 6.92 Å². The van der Waals surface area contributed by atoms with Gasteiger partial charge in [-0.05, 0) is 42.2 Å². The van der Waals surface area contributed by atoms with Gasteiger partial charge in [0, 0.05) is 16.0 Å². The van der Waals surface area contributed by atoms with Gasteiger partial charge in [-0.2, -0.15) is 0 Å². The van der Waals surface area contributed by atoms with Crippen LogP contribution in [0.15, 0.2) is 41.8 Å². The van der Waals surface area contributed by atoms with Gasteiger partial charge >= 0.3 is 0 Å². The lowest BCUT2D eigenvalue weighted by Gasteiger charge is -2.40. The number of fused-ring (bicyclic) bond motifs is 3. The van der Waals surface area contributed by atoms with Crippen LogP contribution in [0.2, 0.25) is 0 Å². The van der Waals surface area contributed by atoms with Gasteiger partial charge < -0.3 is 10.2 Å². The van der Waals surface area contributed by atoms with Crippen LogP contribution >= 0.6 is 11.3 Å². The second-order valence-electron chi connectivity index (χ2n) is 6.90. The molecule has 1 atom stereocenters. The Labute approximate surface area is 140 Å². The van der Waals surface area contributed by atoms with Crippen LogP contribution in [0.5, 0.6) is 0 Å². The van der Waals surface area contributed by atoms with E-state index >= 15 is 0 Å².